The zero-order chi connectivity index (χ0) is 16.6. The van der Waals surface area contributed by atoms with Crippen LogP contribution in [-0.4, -0.2) is 40.4 Å². The van der Waals surface area contributed by atoms with Gasteiger partial charge in [-0.2, -0.15) is 0 Å². The predicted molar refractivity (Wildman–Crippen MR) is 95.0 cm³/mol. The van der Waals surface area contributed by atoms with Gasteiger partial charge in [-0.05, 0) is 24.8 Å². The number of carbonyl (C=O) groups is 1. The van der Waals surface area contributed by atoms with E-state index in [2.05, 4.69) is 27.4 Å². The minimum Gasteiger partial charge on any atom is -0.354 e. The van der Waals surface area contributed by atoms with Gasteiger partial charge in [-0.25, -0.2) is 9.97 Å². The van der Waals surface area contributed by atoms with E-state index in [1.165, 1.54) is 18.4 Å². The van der Waals surface area contributed by atoms with Crippen molar-refractivity contribution in [2.45, 2.75) is 32.1 Å². The van der Waals surface area contributed by atoms with Gasteiger partial charge in [0.1, 0.15) is 0 Å². The highest BCUT2D eigenvalue weighted by Gasteiger charge is 2.17. The van der Waals surface area contributed by atoms with Crippen LogP contribution >= 0.6 is 0 Å². The van der Waals surface area contributed by atoms with E-state index in [-0.39, 0.29) is 5.91 Å². The molecule has 5 heteroatoms. The second kappa shape index (κ2) is 8.43. The van der Waals surface area contributed by atoms with Gasteiger partial charge in [0.15, 0.2) is 0 Å². The Bertz CT molecular complexity index is 634. The highest BCUT2D eigenvalue weighted by atomic mass is 16.2. The number of amides is 1. The average Bonchev–Trinajstić information content (AvgIpc) is 2.92. The van der Waals surface area contributed by atoms with Crippen molar-refractivity contribution in [3.8, 4) is 0 Å². The second-order valence-corrected chi connectivity index (χ2v) is 6.16. The third-order valence-electron chi connectivity index (χ3n) is 4.33. The van der Waals surface area contributed by atoms with Crippen LogP contribution in [0.15, 0.2) is 42.7 Å². The molecule has 1 aliphatic heterocycles. The van der Waals surface area contributed by atoms with Crippen LogP contribution in [0.5, 0.6) is 0 Å². The van der Waals surface area contributed by atoms with Crippen molar-refractivity contribution >= 4 is 11.9 Å². The highest BCUT2D eigenvalue weighted by molar-refractivity contribution is 5.93. The van der Waals surface area contributed by atoms with Crippen LogP contribution in [0.4, 0.5) is 5.95 Å². The van der Waals surface area contributed by atoms with Gasteiger partial charge >= 0.3 is 0 Å². The predicted octanol–water partition coefficient (Wildman–Crippen LogP) is 3.15. The summed E-state index contributed by atoms with van der Waals surface area (Å²) < 4.78 is 0. The number of anilines is 1. The lowest BCUT2D eigenvalue weighted by Crippen LogP contribution is -2.32. The standard InChI is InChI=1S/C19H24N4O/c24-18(23-12-6-1-2-7-13-23)17-14-21-19(22-15-17)20-11-10-16-8-4-3-5-9-16/h3-5,8-9,14-15H,1-2,6-7,10-13H2,(H,20,21,22). The Hall–Kier alpha value is -2.43. The summed E-state index contributed by atoms with van der Waals surface area (Å²) in [6, 6.07) is 10.3. The third-order valence-corrected chi connectivity index (χ3v) is 4.33. The van der Waals surface area contributed by atoms with Crippen LogP contribution < -0.4 is 5.32 Å². The molecule has 0 aliphatic carbocycles. The molecule has 1 aromatic heterocycles. The number of benzene rings is 1. The van der Waals surface area contributed by atoms with E-state index in [0.717, 1.165) is 38.9 Å². The first-order valence-corrected chi connectivity index (χ1v) is 8.72. The van der Waals surface area contributed by atoms with Crippen molar-refractivity contribution in [2.75, 3.05) is 25.0 Å². The molecular formula is C19H24N4O. The lowest BCUT2D eigenvalue weighted by Gasteiger charge is -2.19. The summed E-state index contributed by atoms with van der Waals surface area (Å²) in [6.45, 7) is 2.45. The molecule has 1 aromatic carbocycles. The van der Waals surface area contributed by atoms with E-state index >= 15 is 0 Å². The fraction of sp³-hybridized carbons (Fsp3) is 0.421. The number of hydrogen-bond acceptors (Lipinski definition) is 4. The van der Waals surface area contributed by atoms with E-state index in [1.807, 2.05) is 23.1 Å². The van der Waals surface area contributed by atoms with E-state index in [9.17, 15) is 4.79 Å². The molecule has 5 nitrogen and oxygen atoms in total. The molecule has 3 rings (SSSR count). The molecule has 1 aliphatic rings. The molecule has 0 spiro atoms. The SMILES string of the molecule is O=C(c1cnc(NCCc2ccccc2)nc1)N1CCCCCC1. The summed E-state index contributed by atoms with van der Waals surface area (Å²) >= 11 is 0. The minimum absolute atomic E-state index is 0.0488. The average molecular weight is 324 g/mol. The Morgan fingerprint density at radius 1 is 1.00 bits per heavy atom. The molecule has 0 bridgehead atoms. The van der Waals surface area contributed by atoms with Gasteiger partial charge < -0.3 is 10.2 Å². The van der Waals surface area contributed by atoms with Crippen LogP contribution in [-0.2, 0) is 6.42 Å². The lowest BCUT2D eigenvalue weighted by atomic mass is 10.1. The topological polar surface area (TPSA) is 58.1 Å². The summed E-state index contributed by atoms with van der Waals surface area (Å²) in [5.74, 6) is 0.617. The number of nitrogens with zero attached hydrogens (tertiary/aromatic N) is 3. The first-order chi connectivity index (χ1) is 11.8. The van der Waals surface area contributed by atoms with E-state index in [1.54, 1.807) is 12.4 Å². The van der Waals surface area contributed by atoms with Crippen LogP contribution in [0.25, 0.3) is 0 Å². The van der Waals surface area contributed by atoms with Crippen LogP contribution in [0.1, 0.15) is 41.6 Å². The van der Waals surface area contributed by atoms with Gasteiger partial charge in [-0.3, -0.25) is 4.79 Å². The van der Waals surface area contributed by atoms with E-state index in [0.29, 0.717) is 11.5 Å². The molecule has 1 N–H and O–H groups in total. The maximum Gasteiger partial charge on any atom is 0.256 e. The molecule has 0 saturated carbocycles. The molecule has 1 amide bonds. The minimum atomic E-state index is 0.0488. The summed E-state index contributed by atoms with van der Waals surface area (Å²) in [5, 5.41) is 3.20. The van der Waals surface area contributed by atoms with Crippen LogP contribution in [0, 0.1) is 0 Å². The molecule has 2 heterocycles. The monoisotopic (exact) mass is 324 g/mol. The molecular weight excluding hydrogens is 300 g/mol. The number of rotatable bonds is 5. The van der Waals surface area contributed by atoms with Crippen molar-refractivity contribution in [3.05, 3.63) is 53.9 Å². The van der Waals surface area contributed by atoms with Crippen LogP contribution in [0.2, 0.25) is 0 Å². The lowest BCUT2D eigenvalue weighted by molar-refractivity contribution is 0.0761. The fourth-order valence-corrected chi connectivity index (χ4v) is 2.95. The van der Waals surface area contributed by atoms with Gasteiger partial charge in [0.05, 0.1) is 5.56 Å². The molecule has 1 saturated heterocycles. The van der Waals surface area contributed by atoms with Gasteiger partial charge in [0, 0.05) is 32.0 Å². The summed E-state index contributed by atoms with van der Waals surface area (Å²) in [4.78, 5) is 23.0. The zero-order valence-electron chi connectivity index (χ0n) is 13.9. The van der Waals surface area contributed by atoms with Crippen molar-refractivity contribution < 1.29 is 4.79 Å². The van der Waals surface area contributed by atoms with E-state index < -0.39 is 0 Å². The maximum absolute atomic E-state index is 12.5. The molecule has 0 atom stereocenters. The Balaban J connectivity index is 1.52. The largest absolute Gasteiger partial charge is 0.354 e. The summed E-state index contributed by atoms with van der Waals surface area (Å²) in [5.41, 5.74) is 1.85. The summed E-state index contributed by atoms with van der Waals surface area (Å²) in [7, 11) is 0. The van der Waals surface area contributed by atoms with Gasteiger partial charge in [0.25, 0.3) is 5.91 Å². The molecule has 1 fully saturated rings. The molecule has 2 aromatic rings. The zero-order valence-corrected chi connectivity index (χ0v) is 13.9. The Labute approximate surface area is 143 Å². The quantitative estimate of drug-likeness (QED) is 0.918. The number of nitrogens with one attached hydrogen (secondary N) is 1. The molecule has 126 valence electrons. The first-order valence-electron chi connectivity index (χ1n) is 8.72. The van der Waals surface area contributed by atoms with Crippen molar-refractivity contribution in [1.29, 1.82) is 0 Å². The Morgan fingerprint density at radius 3 is 2.33 bits per heavy atom. The van der Waals surface area contributed by atoms with Crippen LogP contribution in [0.3, 0.4) is 0 Å². The van der Waals surface area contributed by atoms with Crippen molar-refractivity contribution in [2.24, 2.45) is 0 Å². The van der Waals surface area contributed by atoms with Crippen molar-refractivity contribution in [3.63, 3.8) is 0 Å². The summed E-state index contributed by atoms with van der Waals surface area (Å²) in [6.07, 6.45) is 8.78. The van der Waals surface area contributed by atoms with Crippen molar-refractivity contribution in [1.82, 2.24) is 14.9 Å². The maximum atomic E-state index is 12.5. The number of likely N-dealkylation sites (tertiary alicyclic amines) is 1. The second-order valence-electron chi connectivity index (χ2n) is 6.16. The highest BCUT2D eigenvalue weighted by Crippen LogP contribution is 2.13. The fourth-order valence-electron chi connectivity index (χ4n) is 2.95. The normalized spacial score (nSPS) is 14.9. The third kappa shape index (κ3) is 4.54. The molecule has 0 radical (unpaired) electrons. The number of aromatic nitrogens is 2. The van der Waals surface area contributed by atoms with Gasteiger partial charge in [-0.15, -0.1) is 0 Å². The Morgan fingerprint density at radius 2 is 1.67 bits per heavy atom. The first kappa shape index (κ1) is 16.4. The van der Waals surface area contributed by atoms with E-state index in [4.69, 9.17) is 0 Å². The molecule has 0 unspecified atom stereocenters. The smallest absolute Gasteiger partial charge is 0.256 e. The number of hydrogen-bond donors (Lipinski definition) is 1. The van der Waals surface area contributed by atoms with Gasteiger partial charge in [-0.1, -0.05) is 43.2 Å². The Kier molecular flexibility index (Phi) is 5.77. The van der Waals surface area contributed by atoms with Gasteiger partial charge in [0.2, 0.25) is 5.95 Å². The number of carbonyl (C=O) groups excluding carboxylic acids is 1. The molecule has 24 heavy (non-hydrogen) atoms.